The molecule has 1 amide bonds. The van der Waals surface area contributed by atoms with Gasteiger partial charge in [-0.2, -0.15) is 8.78 Å². The molecule has 0 saturated heterocycles. The van der Waals surface area contributed by atoms with Crippen molar-refractivity contribution in [2.45, 2.75) is 6.61 Å². The largest absolute Gasteiger partial charge is 0.479 e. The lowest BCUT2D eigenvalue weighted by Gasteiger charge is -2.09. The number of hydrogen-bond donors (Lipinski definition) is 1. The monoisotopic (exact) mass is 428 g/mol. The number of nitrogens with zero attached hydrogens (tertiary/aromatic N) is 1. The number of ether oxygens (including phenoxy) is 1. The van der Waals surface area contributed by atoms with Gasteiger partial charge in [-0.15, -0.1) is 0 Å². The molecule has 2 aromatic carbocycles. The van der Waals surface area contributed by atoms with Crippen molar-refractivity contribution < 1.29 is 40.8 Å². The van der Waals surface area contributed by atoms with Gasteiger partial charge in [0.15, 0.2) is 11.5 Å². The quantitative estimate of drug-likeness (QED) is 0.202. The van der Waals surface area contributed by atoms with Crippen LogP contribution < -0.4 is 10.1 Å². The molecule has 0 aliphatic rings. The Kier molecular flexibility index (Phi) is 5.67. The number of hydrogen-bond acceptors (Lipinski definition) is 5. The normalized spacial score (nSPS) is 10.7. The van der Waals surface area contributed by atoms with E-state index < -0.39 is 52.3 Å². The van der Waals surface area contributed by atoms with E-state index in [0.717, 1.165) is 12.1 Å². The molecule has 30 heavy (non-hydrogen) atoms. The second-order valence-electron chi connectivity index (χ2n) is 5.68. The number of anilines is 1. The van der Waals surface area contributed by atoms with Crippen molar-refractivity contribution in [3.8, 4) is 5.75 Å². The van der Waals surface area contributed by atoms with Crippen molar-refractivity contribution in [1.29, 1.82) is 0 Å². The highest BCUT2D eigenvalue weighted by atomic mass is 19.2. The van der Waals surface area contributed by atoms with Crippen LogP contribution in [0, 0.1) is 39.2 Å². The van der Waals surface area contributed by atoms with Crippen LogP contribution in [0.15, 0.2) is 40.8 Å². The summed E-state index contributed by atoms with van der Waals surface area (Å²) in [6, 6.07) is 7.58. The molecule has 12 heteroatoms. The minimum absolute atomic E-state index is 0.108. The van der Waals surface area contributed by atoms with Crippen LogP contribution in [0.3, 0.4) is 0 Å². The van der Waals surface area contributed by atoms with Crippen LogP contribution in [0.1, 0.15) is 16.3 Å². The van der Waals surface area contributed by atoms with Gasteiger partial charge < -0.3 is 14.5 Å². The van der Waals surface area contributed by atoms with Crippen molar-refractivity contribution in [2.24, 2.45) is 0 Å². The van der Waals surface area contributed by atoms with Crippen LogP contribution in [-0.4, -0.2) is 10.8 Å². The maximum absolute atomic E-state index is 13.6. The predicted molar refractivity (Wildman–Crippen MR) is 90.3 cm³/mol. The number of rotatable bonds is 6. The fraction of sp³-hybridized carbons (Fsp3) is 0.0556. The number of carbonyl (C=O) groups is 1. The Morgan fingerprint density at radius 3 is 2.20 bits per heavy atom. The van der Waals surface area contributed by atoms with Gasteiger partial charge in [-0.25, -0.2) is 13.2 Å². The van der Waals surface area contributed by atoms with Crippen molar-refractivity contribution >= 4 is 17.3 Å². The SMILES string of the molecule is O=C(Nc1ccccc1[N+](=O)[O-])c1ccc(COc2c(F)c(F)c(F)c(F)c2F)o1. The second-order valence-corrected chi connectivity index (χ2v) is 5.68. The third-order valence-electron chi connectivity index (χ3n) is 3.76. The van der Waals surface area contributed by atoms with Gasteiger partial charge in [0.25, 0.3) is 11.6 Å². The Morgan fingerprint density at radius 1 is 0.967 bits per heavy atom. The Morgan fingerprint density at radius 2 is 1.57 bits per heavy atom. The summed E-state index contributed by atoms with van der Waals surface area (Å²) in [5.74, 6) is -13.9. The van der Waals surface area contributed by atoms with Gasteiger partial charge in [0.2, 0.25) is 29.1 Å². The number of para-hydroxylation sites is 2. The van der Waals surface area contributed by atoms with Crippen LogP contribution in [0.5, 0.6) is 5.75 Å². The molecule has 156 valence electrons. The Labute approximate surface area is 163 Å². The molecule has 0 spiro atoms. The molecule has 0 aliphatic heterocycles. The van der Waals surface area contributed by atoms with E-state index >= 15 is 0 Å². The number of furan rings is 1. The van der Waals surface area contributed by atoms with E-state index in [-0.39, 0.29) is 22.9 Å². The van der Waals surface area contributed by atoms with Crippen molar-refractivity contribution in [3.05, 3.63) is 87.1 Å². The van der Waals surface area contributed by atoms with E-state index in [0.29, 0.717) is 0 Å². The predicted octanol–water partition coefficient (Wildman–Crippen LogP) is 4.71. The van der Waals surface area contributed by atoms with Crippen molar-refractivity contribution in [2.75, 3.05) is 5.32 Å². The summed E-state index contributed by atoms with van der Waals surface area (Å²) in [5.41, 5.74) is -0.476. The van der Waals surface area contributed by atoms with Crippen LogP contribution in [0.25, 0.3) is 0 Å². The first-order chi connectivity index (χ1) is 14.2. The summed E-state index contributed by atoms with van der Waals surface area (Å²) in [6.07, 6.45) is 0. The summed E-state index contributed by atoms with van der Waals surface area (Å²) in [7, 11) is 0. The number of halogens is 5. The van der Waals surface area contributed by atoms with E-state index in [9.17, 15) is 36.9 Å². The molecule has 3 aromatic rings. The third kappa shape index (κ3) is 3.92. The summed E-state index contributed by atoms with van der Waals surface area (Å²) in [5, 5.41) is 13.2. The lowest BCUT2D eigenvalue weighted by Crippen LogP contribution is -2.12. The molecular formula is C18H9F5N2O5. The minimum atomic E-state index is -2.33. The first kappa shape index (κ1) is 20.8. The topological polar surface area (TPSA) is 94.6 Å². The van der Waals surface area contributed by atoms with Gasteiger partial charge in [0, 0.05) is 6.07 Å². The molecule has 3 rings (SSSR count). The maximum atomic E-state index is 13.6. The third-order valence-corrected chi connectivity index (χ3v) is 3.76. The number of carbonyl (C=O) groups excluding carboxylic acids is 1. The van der Waals surface area contributed by atoms with E-state index in [1.807, 2.05) is 0 Å². The molecule has 0 atom stereocenters. The molecule has 0 aliphatic carbocycles. The second kappa shape index (κ2) is 8.19. The smallest absolute Gasteiger partial charge is 0.292 e. The van der Waals surface area contributed by atoms with Crippen molar-refractivity contribution in [3.63, 3.8) is 0 Å². The Balaban J connectivity index is 1.74. The average Bonchev–Trinajstić information content (AvgIpc) is 3.20. The number of amides is 1. The number of benzene rings is 2. The Bertz CT molecular complexity index is 1120. The number of nitro benzene ring substituents is 1. The molecule has 0 saturated carbocycles. The number of nitrogens with one attached hydrogen (secondary N) is 1. The molecule has 1 heterocycles. The molecule has 1 aromatic heterocycles. The lowest BCUT2D eigenvalue weighted by atomic mass is 10.2. The van der Waals surface area contributed by atoms with Gasteiger partial charge in [-0.05, 0) is 18.2 Å². The Hall–Kier alpha value is -3.96. The first-order valence-electron chi connectivity index (χ1n) is 7.98. The fourth-order valence-electron chi connectivity index (χ4n) is 2.35. The van der Waals surface area contributed by atoms with E-state index in [2.05, 4.69) is 10.1 Å². The standard InChI is InChI=1S/C18H9F5N2O5/c19-12-13(20)15(22)17(16(23)14(12)21)29-7-8-5-6-11(30-8)18(26)24-9-3-1-2-4-10(9)25(27)28/h1-6H,7H2,(H,24,26). The zero-order valence-corrected chi connectivity index (χ0v) is 14.5. The summed E-state index contributed by atoms with van der Waals surface area (Å²) in [4.78, 5) is 22.4. The zero-order valence-electron chi connectivity index (χ0n) is 14.5. The maximum Gasteiger partial charge on any atom is 0.292 e. The molecule has 0 bridgehead atoms. The number of nitro groups is 1. The first-order valence-corrected chi connectivity index (χ1v) is 7.98. The van der Waals surface area contributed by atoms with Crippen LogP contribution in [0.4, 0.5) is 33.3 Å². The molecule has 0 unspecified atom stereocenters. The lowest BCUT2D eigenvalue weighted by molar-refractivity contribution is -0.383. The minimum Gasteiger partial charge on any atom is -0.479 e. The van der Waals surface area contributed by atoms with Crippen LogP contribution in [-0.2, 0) is 6.61 Å². The average molecular weight is 428 g/mol. The van der Waals surface area contributed by atoms with E-state index in [4.69, 9.17) is 4.42 Å². The zero-order chi connectivity index (χ0) is 22.0. The highest BCUT2D eigenvalue weighted by Gasteiger charge is 2.27. The van der Waals surface area contributed by atoms with Gasteiger partial charge in [0.05, 0.1) is 4.92 Å². The summed E-state index contributed by atoms with van der Waals surface area (Å²) < 4.78 is 76.2. The van der Waals surface area contributed by atoms with E-state index in [1.54, 1.807) is 0 Å². The van der Waals surface area contributed by atoms with E-state index in [1.165, 1.54) is 24.3 Å². The summed E-state index contributed by atoms with van der Waals surface area (Å²) >= 11 is 0. The molecular weight excluding hydrogens is 419 g/mol. The van der Waals surface area contributed by atoms with Crippen LogP contribution >= 0.6 is 0 Å². The van der Waals surface area contributed by atoms with Gasteiger partial charge in [-0.1, -0.05) is 12.1 Å². The highest BCUT2D eigenvalue weighted by molar-refractivity contribution is 6.03. The summed E-state index contributed by atoms with van der Waals surface area (Å²) in [6.45, 7) is -0.767. The van der Waals surface area contributed by atoms with Gasteiger partial charge in [-0.3, -0.25) is 14.9 Å². The van der Waals surface area contributed by atoms with Gasteiger partial charge in [0.1, 0.15) is 18.1 Å². The molecule has 1 N–H and O–H groups in total. The molecule has 0 radical (unpaired) electrons. The van der Waals surface area contributed by atoms with Gasteiger partial charge >= 0.3 is 0 Å². The highest BCUT2D eigenvalue weighted by Crippen LogP contribution is 2.30. The molecule has 7 nitrogen and oxygen atoms in total. The fourth-order valence-corrected chi connectivity index (χ4v) is 2.35. The van der Waals surface area contributed by atoms with Crippen molar-refractivity contribution in [1.82, 2.24) is 0 Å². The molecule has 0 fully saturated rings. The van der Waals surface area contributed by atoms with Crippen LogP contribution in [0.2, 0.25) is 0 Å².